The molecule has 19 heteroatoms. The van der Waals surface area contributed by atoms with Crippen molar-refractivity contribution in [1.29, 1.82) is 0 Å². The number of aliphatic hydroxyl groups excluding tert-OH is 1. The Morgan fingerprint density at radius 2 is 0.479 bits per heavy atom. The number of aliphatic hydroxyl groups is 1. The summed E-state index contributed by atoms with van der Waals surface area (Å²) in [4.78, 5) is 72.8. The van der Waals surface area contributed by atoms with Crippen molar-refractivity contribution in [3.8, 4) is 0 Å². The third kappa shape index (κ3) is 70.5. The topological polar surface area (TPSA) is 237 Å². The molecule has 0 rings (SSSR count). The van der Waals surface area contributed by atoms with Crippen molar-refractivity contribution < 1.29 is 80.2 Å². The van der Waals surface area contributed by atoms with Crippen LogP contribution < -0.4 is 0 Å². The number of carbonyl (C=O) groups excluding carboxylic acids is 4. The Hall–Kier alpha value is -1.94. The Morgan fingerprint density at radius 3 is 0.708 bits per heavy atom. The summed E-state index contributed by atoms with van der Waals surface area (Å²) in [5.41, 5.74) is 0. The van der Waals surface area contributed by atoms with E-state index in [1.54, 1.807) is 0 Å². The zero-order chi connectivity index (χ0) is 70.7. The van der Waals surface area contributed by atoms with Gasteiger partial charge in [-0.3, -0.25) is 37.3 Å². The monoisotopic (exact) mass is 1410 g/mol. The molecule has 570 valence electrons. The lowest BCUT2D eigenvalue weighted by Gasteiger charge is -2.21. The second-order valence-electron chi connectivity index (χ2n) is 28.7. The number of phosphoric ester groups is 2. The minimum atomic E-state index is -4.96. The number of rotatable bonds is 76. The summed E-state index contributed by atoms with van der Waals surface area (Å²) >= 11 is 0. The van der Waals surface area contributed by atoms with Gasteiger partial charge in [0, 0.05) is 25.7 Å². The van der Waals surface area contributed by atoms with Crippen LogP contribution in [0.4, 0.5) is 0 Å². The molecule has 0 aromatic rings. The number of hydrogen-bond donors (Lipinski definition) is 3. The summed E-state index contributed by atoms with van der Waals surface area (Å²) in [5, 5.41) is 10.6. The largest absolute Gasteiger partial charge is 0.472 e. The Kier molecular flexibility index (Phi) is 67.4. The molecular formula is C77H150O17P2. The summed E-state index contributed by atoms with van der Waals surface area (Å²) in [5.74, 6) is -0.702. The van der Waals surface area contributed by atoms with Crippen LogP contribution >= 0.6 is 15.6 Å². The molecule has 17 nitrogen and oxygen atoms in total. The Labute approximate surface area is 588 Å². The first kappa shape index (κ1) is 94.1. The molecule has 0 amide bonds. The van der Waals surface area contributed by atoms with Crippen LogP contribution in [0.5, 0.6) is 0 Å². The summed E-state index contributed by atoms with van der Waals surface area (Å²) in [6.45, 7) is 9.49. The number of phosphoric acid groups is 2. The average Bonchev–Trinajstić information content (AvgIpc) is 1.56. The highest BCUT2D eigenvalue weighted by Crippen LogP contribution is 2.45. The van der Waals surface area contributed by atoms with E-state index in [0.29, 0.717) is 31.6 Å². The molecule has 3 N–H and O–H groups in total. The minimum absolute atomic E-state index is 0.104. The van der Waals surface area contributed by atoms with Crippen LogP contribution in [-0.2, 0) is 65.4 Å². The van der Waals surface area contributed by atoms with Gasteiger partial charge in [-0.1, -0.05) is 350 Å². The average molecular weight is 1410 g/mol. The molecule has 0 bridgehead atoms. The molecule has 0 saturated carbocycles. The smallest absolute Gasteiger partial charge is 0.462 e. The van der Waals surface area contributed by atoms with Gasteiger partial charge >= 0.3 is 39.5 Å². The fourth-order valence-corrected chi connectivity index (χ4v) is 13.4. The molecule has 0 heterocycles. The van der Waals surface area contributed by atoms with Crippen molar-refractivity contribution in [3.05, 3.63) is 0 Å². The van der Waals surface area contributed by atoms with Crippen molar-refractivity contribution in [1.82, 2.24) is 0 Å². The molecule has 0 aliphatic rings. The number of ether oxygens (including phenoxy) is 4. The zero-order valence-electron chi connectivity index (χ0n) is 62.7. The summed E-state index contributed by atoms with van der Waals surface area (Å²) < 4.78 is 68.5. The molecule has 0 radical (unpaired) electrons. The fourth-order valence-electron chi connectivity index (χ4n) is 11.8. The third-order valence-corrected chi connectivity index (χ3v) is 19.9. The number of unbranched alkanes of at least 4 members (excludes halogenated alkanes) is 46. The van der Waals surface area contributed by atoms with Crippen molar-refractivity contribution in [2.24, 2.45) is 11.8 Å². The lowest BCUT2D eigenvalue weighted by molar-refractivity contribution is -0.161. The van der Waals surface area contributed by atoms with E-state index < -0.39 is 97.5 Å². The van der Waals surface area contributed by atoms with Crippen LogP contribution in [0.15, 0.2) is 0 Å². The summed E-state index contributed by atoms with van der Waals surface area (Å²) in [6, 6.07) is 0. The van der Waals surface area contributed by atoms with Gasteiger partial charge in [-0.2, -0.15) is 0 Å². The Bertz CT molecular complexity index is 1860. The second-order valence-corrected chi connectivity index (χ2v) is 31.6. The number of hydrogen-bond acceptors (Lipinski definition) is 15. The first-order valence-corrected chi connectivity index (χ1v) is 43.0. The van der Waals surface area contributed by atoms with Crippen molar-refractivity contribution in [2.75, 3.05) is 39.6 Å². The predicted octanol–water partition coefficient (Wildman–Crippen LogP) is 22.7. The predicted molar refractivity (Wildman–Crippen MR) is 391 cm³/mol. The fraction of sp³-hybridized carbons (Fsp3) is 0.948. The normalized spacial score (nSPS) is 14.0. The molecule has 0 saturated heterocycles. The van der Waals surface area contributed by atoms with Gasteiger partial charge in [0.15, 0.2) is 12.2 Å². The van der Waals surface area contributed by atoms with Crippen LogP contribution in [0, 0.1) is 11.8 Å². The molecule has 0 aromatic heterocycles. The molecule has 0 aromatic carbocycles. The Balaban J connectivity index is 5.19. The van der Waals surface area contributed by atoms with Gasteiger partial charge < -0.3 is 33.8 Å². The van der Waals surface area contributed by atoms with E-state index in [9.17, 15) is 43.2 Å². The van der Waals surface area contributed by atoms with Crippen LogP contribution in [-0.4, -0.2) is 96.7 Å². The lowest BCUT2D eigenvalue weighted by Crippen LogP contribution is -2.30. The quantitative estimate of drug-likeness (QED) is 0.0222. The summed E-state index contributed by atoms with van der Waals surface area (Å²) in [7, 11) is -9.91. The maximum atomic E-state index is 13.1. The zero-order valence-corrected chi connectivity index (χ0v) is 64.5. The molecule has 0 spiro atoms. The minimum Gasteiger partial charge on any atom is -0.462 e. The Morgan fingerprint density at radius 1 is 0.281 bits per heavy atom. The van der Waals surface area contributed by atoms with Gasteiger partial charge in [0.05, 0.1) is 26.4 Å². The molecule has 5 atom stereocenters. The van der Waals surface area contributed by atoms with Gasteiger partial charge in [-0.05, 0) is 37.5 Å². The molecule has 96 heavy (non-hydrogen) atoms. The first-order valence-electron chi connectivity index (χ1n) is 40.0. The molecular weight excluding hydrogens is 1260 g/mol. The number of carbonyl (C=O) groups is 4. The van der Waals surface area contributed by atoms with Crippen LogP contribution in [0.25, 0.3) is 0 Å². The van der Waals surface area contributed by atoms with E-state index in [0.717, 1.165) is 102 Å². The van der Waals surface area contributed by atoms with Gasteiger partial charge in [0.25, 0.3) is 0 Å². The van der Waals surface area contributed by atoms with E-state index in [1.165, 1.54) is 212 Å². The highest BCUT2D eigenvalue weighted by Gasteiger charge is 2.30. The standard InChI is InChI=1S/C77H150O17P2/c1-7-9-11-13-15-17-19-21-23-24-25-26-27-28-29-31-33-37-41-49-55-61-76(81)93-72(65-87-74(79)59-53-47-40-36-32-30-22-20-18-16-14-12-10-8-2)67-91-95(83,84)89-63-71(78)64-90-96(85,86)92-68-73(66-88-75(80)60-54-48-44-43-46-52-58-70(5)6)94-77(82)62-56-50-42-38-34-35-39-45-51-57-69(3)4/h69-73,78H,7-68H2,1-6H3,(H,83,84)(H,85,86)/t71-,72-,73-/m1/s1. The first-order chi connectivity index (χ1) is 46.4. The van der Waals surface area contributed by atoms with E-state index in [2.05, 4.69) is 41.5 Å². The highest BCUT2D eigenvalue weighted by molar-refractivity contribution is 7.47. The summed E-state index contributed by atoms with van der Waals surface area (Å²) in [6.07, 6.45) is 57.2. The van der Waals surface area contributed by atoms with E-state index in [4.69, 9.17) is 37.0 Å². The van der Waals surface area contributed by atoms with E-state index in [-0.39, 0.29) is 25.7 Å². The number of esters is 4. The van der Waals surface area contributed by atoms with Crippen molar-refractivity contribution in [2.45, 2.75) is 419 Å². The molecule has 0 aliphatic carbocycles. The SMILES string of the molecule is CCCCCCCCCCCCCCCCCCCCCCCC(=O)O[C@H](COC(=O)CCCCCCCCCCCCCCCC)COP(=O)(O)OC[C@@H](O)COP(=O)(O)OC[C@@H](COC(=O)CCCCCCCCC(C)C)OC(=O)CCCCCCCCCCCC(C)C. The van der Waals surface area contributed by atoms with Crippen LogP contribution in [0.1, 0.15) is 401 Å². The van der Waals surface area contributed by atoms with E-state index >= 15 is 0 Å². The van der Waals surface area contributed by atoms with Crippen molar-refractivity contribution >= 4 is 39.5 Å². The molecule has 0 fully saturated rings. The van der Waals surface area contributed by atoms with Gasteiger partial charge in [-0.15, -0.1) is 0 Å². The van der Waals surface area contributed by atoms with Gasteiger partial charge in [-0.25, -0.2) is 9.13 Å². The highest BCUT2D eigenvalue weighted by atomic mass is 31.2. The molecule has 0 aliphatic heterocycles. The van der Waals surface area contributed by atoms with Crippen molar-refractivity contribution in [3.63, 3.8) is 0 Å². The second kappa shape index (κ2) is 68.8. The van der Waals surface area contributed by atoms with Crippen LogP contribution in [0.2, 0.25) is 0 Å². The molecule has 2 unspecified atom stereocenters. The lowest BCUT2D eigenvalue weighted by atomic mass is 10.0. The van der Waals surface area contributed by atoms with E-state index in [1.807, 2.05) is 0 Å². The third-order valence-electron chi connectivity index (χ3n) is 18.0. The van der Waals surface area contributed by atoms with Crippen LogP contribution in [0.3, 0.4) is 0 Å². The maximum absolute atomic E-state index is 13.1. The van der Waals surface area contributed by atoms with Gasteiger partial charge in [0.2, 0.25) is 0 Å². The maximum Gasteiger partial charge on any atom is 0.472 e. The van der Waals surface area contributed by atoms with Gasteiger partial charge in [0.1, 0.15) is 19.3 Å².